The van der Waals surface area contributed by atoms with E-state index in [2.05, 4.69) is 5.32 Å². The number of benzene rings is 1. The highest BCUT2D eigenvalue weighted by atomic mass is 16.5. The van der Waals surface area contributed by atoms with E-state index in [1.165, 1.54) is 18.1 Å². The van der Waals surface area contributed by atoms with Crippen molar-refractivity contribution in [1.82, 2.24) is 10.2 Å². The summed E-state index contributed by atoms with van der Waals surface area (Å²) in [7, 11) is 0. The molecule has 0 radical (unpaired) electrons. The van der Waals surface area contributed by atoms with Crippen molar-refractivity contribution in [3.05, 3.63) is 60.1 Å². The number of carbonyl (C=O) groups is 4. The van der Waals surface area contributed by atoms with Crippen molar-refractivity contribution in [2.75, 3.05) is 13.2 Å². The van der Waals surface area contributed by atoms with Crippen molar-refractivity contribution in [1.29, 1.82) is 0 Å². The molecule has 1 saturated heterocycles. The zero-order chi connectivity index (χ0) is 21.5. The number of hydrogen-bond acceptors (Lipinski definition) is 6. The molecule has 1 aromatic heterocycles. The fourth-order valence-corrected chi connectivity index (χ4v) is 3.31. The molecule has 0 spiro atoms. The lowest BCUT2D eigenvalue weighted by Crippen LogP contribution is -2.43. The number of rotatable bonds is 9. The lowest BCUT2D eigenvalue weighted by Gasteiger charge is -2.17. The van der Waals surface area contributed by atoms with E-state index >= 15 is 0 Å². The summed E-state index contributed by atoms with van der Waals surface area (Å²) >= 11 is 0. The molecule has 1 fully saturated rings. The molecule has 2 aromatic rings. The Labute approximate surface area is 174 Å². The monoisotopic (exact) mass is 412 g/mol. The van der Waals surface area contributed by atoms with Crippen molar-refractivity contribution in [3.8, 4) is 0 Å². The third-order valence-electron chi connectivity index (χ3n) is 4.93. The van der Waals surface area contributed by atoms with Crippen LogP contribution in [-0.4, -0.2) is 47.7 Å². The predicted molar refractivity (Wildman–Crippen MR) is 106 cm³/mol. The number of hydrogen-bond donors (Lipinski definition) is 1. The van der Waals surface area contributed by atoms with Crippen LogP contribution in [0.4, 0.5) is 0 Å². The fourth-order valence-electron chi connectivity index (χ4n) is 3.31. The first-order valence-electron chi connectivity index (χ1n) is 9.73. The highest BCUT2D eigenvalue weighted by molar-refractivity contribution is 5.90. The third-order valence-corrected chi connectivity index (χ3v) is 4.93. The third kappa shape index (κ3) is 5.79. The molecule has 2 amide bonds. The number of carbonyl (C=O) groups excluding carboxylic acids is 4. The molecule has 158 valence electrons. The Hall–Kier alpha value is -3.42. The fraction of sp³-hybridized carbons (Fsp3) is 0.364. The van der Waals surface area contributed by atoms with Crippen LogP contribution < -0.4 is 5.32 Å². The highest BCUT2D eigenvalue weighted by Gasteiger charge is 2.36. The number of ketones is 1. The topological polar surface area (TPSA) is 106 Å². The van der Waals surface area contributed by atoms with Gasteiger partial charge in [-0.25, -0.2) is 0 Å². The Morgan fingerprint density at radius 1 is 1.20 bits per heavy atom. The number of nitrogens with zero attached hydrogens (tertiary/aromatic N) is 1. The van der Waals surface area contributed by atoms with Crippen molar-refractivity contribution in [2.45, 2.75) is 32.4 Å². The Kier molecular flexibility index (Phi) is 7.00. The molecule has 3 rings (SSSR count). The van der Waals surface area contributed by atoms with Crippen LogP contribution in [0.15, 0.2) is 53.1 Å². The van der Waals surface area contributed by atoms with Gasteiger partial charge in [0.15, 0.2) is 12.4 Å². The van der Waals surface area contributed by atoms with Crippen molar-refractivity contribution >= 4 is 23.6 Å². The molecule has 2 atom stereocenters. The Bertz CT molecular complexity index is 894. The van der Waals surface area contributed by atoms with Gasteiger partial charge in [-0.3, -0.25) is 19.2 Å². The average molecular weight is 412 g/mol. The van der Waals surface area contributed by atoms with Crippen LogP contribution in [0.5, 0.6) is 0 Å². The molecule has 8 nitrogen and oxygen atoms in total. The van der Waals surface area contributed by atoms with Crippen LogP contribution in [0.2, 0.25) is 0 Å². The molecule has 30 heavy (non-hydrogen) atoms. The van der Waals surface area contributed by atoms with E-state index in [-0.39, 0.29) is 31.2 Å². The number of furan rings is 1. The molecule has 0 saturated carbocycles. The minimum atomic E-state index is -0.699. The first kappa shape index (κ1) is 21.3. The van der Waals surface area contributed by atoms with Crippen LogP contribution in [0, 0.1) is 5.92 Å². The smallest absolute Gasteiger partial charge is 0.311 e. The quantitative estimate of drug-likeness (QED) is 0.626. The SMILES string of the molecule is CC(=O)[C@H](Cc1ccccc1)NC(=O)COC(=O)[C@H]1CC(=O)N(Cc2ccco2)C1. The van der Waals surface area contributed by atoms with Crippen molar-refractivity contribution in [3.63, 3.8) is 0 Å². The van der Waals surface area contributed by atoms with Crippen LogP contribution in [0.3, 0.4) is 0 Å². The van der Waals surface area contributed by atoms with Gasteiger partial charge in [-0.15, -0.1) is 0 Å². The van der Waals surface area contributed by atoms with E-state index in [9.17, 15) is 19.2 Å². The van der Waals surface area contributed by atoms with Crippen LogP contribution in [0.1, 0.15) is 24.7 Å². The van der Waals surface area contributed by atoms with Gasteiger partial charge >= 0.3 is 5.97 Å². The van der Waals surface area contributed by atoms with Crippen LogP contribution in [0.25, 0.3) is 0 Å². The summed E-state index contributed by atoms with van der Waals surface area (Å²) in [5, 5.41) is 2.60. The number of nitrogens with one attached hydrogen (secondary N) is 1. The highest BCUT2D eigenvalue weighted by Crippen LogP contribution is 2.21. The summed E-state index contributed by atoms with van der Waals surface area (Å²) in [6, 6.07) is 12.1. The molecule has 8 heteroatoms. The van der Waals surface area contributed by atoms with E-state index in [4.69, 9.17) is 9.15 Å². The molecule has 0 bridgehead atoms. The van der Waals surface area contributed by atoms with Crippen molar-refractivity contribution < 1.29 is 28.3 Å². The van der Waals surface area contributed by atoms with E-state index in [0.717, 1.165) is 5.56 Å². The van der Waals surface area contributed by atoms with Gasteiger partial charge in [0.1, 0.15) is 5.76 Å². The molecular weight excluding hydrogens is 388 g/mol. The second kappa shape index (κ2) is 9.87. The summed E-state index contributed by atoms with van der Waals surface area (Å²) < 4.78 is 10.3. The van der Waals surface area contributed by atoms with Gasteiger partial charge in [0.2, 0.25) is 5.91 Å². The normalized spacial score (nSPS) is 16.9. The largest absolute Gasteiger partial charge is 0.467 e. The summed E-state index contributed by atoms with van der Waals surface area (Å²) in [4.78, 5) is 50.0. The molecule has 2 heterocycles. The maximum Gasteiger partial charge on any atom is 0.311 e. The summed E-state index contributed by atoms with van der Waals surface area (Å²) in [5.41, 5.74) is 0.913. The van der Waals surface area contributed by atoms with Crippen molar-refractivity contribution in [2.24, 2.45) is 5.92 Å². The Morgan fingerprint density at radius 3 is 2.63 bits per heavy atom. The zero-order valence-electron chi connectivity index (χ0n) is 16.7. The lowest BCUT2D eigenvalue weighted by molar-refractivity contribution is -0.152. The molecule has 1 aromatic carbocycles. The number of ether oxygens (including phenoxy) is 1. The van der Waals surface area contributed by atoms with Gasteiger partial charge in [0.05, 0.1) is 24.8 Å². The number of likely N-dealkylation sites (tertiary alicyclic amines) is 1. The number of Topliss-reactive ketones (excluding diaryl/α,β-unsaturated/α-hetero) is 1. The van der Waals surface area contributed by atoms with Gasteiger partial charge in [-0.05, 0) is 31.0 Å². The van der Waals surface area contributed by atoms with E-state index in [0.29, 0.717) is 12.2 Å². The minimum absolute atomic E-state index is 0.0330. The second-order valence-corrected chi connectivity index (χ2v) is 7.28. The van der Waals surface area contributed by atoms with E-state index in [1.54, 1.807) is 12.1 Å². The molecule has 0 unspecified atom stereocenters. The maximum atomic E-state index is 12.3. The summed E-state index contributed by atoms with van der Waals surface area (Å²) in [6.45, 7) is 1.40. The van der Waals surface area contributed by atoms with Gasteiger partial charge in [0, 0.05) is 13.0 Å². The van der Waals surface area contributed by atoms with Gasteiger partial charge in [-0.2, -0.15) is 0 Å². The molecular formula is C22H24N2O6. The first-order chi connectivity index (χ1) is 14.4. The standard InChI is InChI=1S/C22H24N2O6/c1-15(25)19(10-16-6-3-2-4-7-16)23-20(26)14-30-22(28)17-11-21(27)24(12-17)13-18-8-5-9-29-18/h2-9,17,19H,10-14H2,1H3,(H,23,26)/t17-,19-/m0/s1. The van der Waals surface area contributed by atoms with Crippen LogP contribution in [-0.2, 0) is 36.9 Å². The lowest BCUT2D eigenvalue weighted by atomic mass is 10.0. The van der Waals surface area contributed by atoms with E-state index < -0.39 is 30.4 Å². The van der Waals surface area contributed by atoms with Gasteiger partial charge in [0.25, 0.3) is 5.91 Å². The molecule has 0 aliphatic carbocycles. The van der Waals surface area contributed by atoms with E-state index in [1.807, 2.05) is 30.3 Å². The van der Waals surface area contributed by atoms with Gasteiger partial charge < -0.3 is 19.4 Å². The first-order valence-corrected chi connectivity index (χ1v) is 9.73. The minimum Gasteiger partial charge on any atom is -0.467 e. The molecule has 1 aliphatic heterocycles. The maximum absolute atomic E-state index is 12.3. The van der Waals surface area contributed by atoms with Crippen LogP contribution >= 0.6 is 0 Å². The Balaban J connectivity index is 1.46. The summed E-state index contributed by atoms with van der Waals surface area (Å²) in [5.74, 6) is -1.52. The Morgan fingerprint density at radius 2 is 1.97 bits per heavy atom. The van der Waals surface area contributed by atoms with Gasteiger partial charge in [-0.1, -0.05) is 30.3 Å². The molecule has 1 N–H and O–H groups in total. The summed E-state index contributed by atoms with van der Waals surface area (Å²) in [6.07, 6.45) is 1.91. The zero-order valence-corrected chi connectivity index (χ0v) is 16.7. The second-order valence-electron chi connectivity index (χ2n) is 7.28. The molecule has 1 aliphatic rings. The number of esters is 1. The number of amides is 2. The average Bonchev–Trinajstić information content (AvgIpc) is 3.37. The predicted octanol–water partition coefficient (Wildman–Crippen LogP) is 1.49.